The summed E-state index contributed by atoms with van der Waals surface area (Å²) in [6.07, 6.45) is 4.18. The maximum atomic E-state index is 4.36. The monoisotopic (exact) mass is 262 g/mol. The van der Waals surface area contributed by atoms with Crippen molar-refractivity contribution in [1.29, 1.82) is 0 Å². The molecular weight excluding hydrogens is 236 g/mol. The van der Waals surface area contributed by atoms with Crippen molar-refractivity contribution in [1.82, 2.24) is 20.1 Å². The summed E-state index contributed by atoms with van der Waals surface area (Å²) < 4.78 is 0. The van der Waals surface area contributed by atoms with Crippen molar-refractivity contribution >= 4 is 0 Å². The number of rotatable bonds is 7. The Hall–Kier alpha value is -0.970. The second-order valence-corrected chi connectivity index (χ2v) is 5.32. The largest absolute Gasteiger partial charge is 0.314 e. The van der Waals surface area contributed by atoms with Gasteiger partial charge in [-0.05, 0) is 38.7 Å². The molecule has 19 heavy (non-hydrogen) atoms. The zero-order chi connectivity index (χ0) is 13.3. The van der Waals surface area contributed by atoms with Gasteiger partial charge in [-0.2, -0.15) is 0 Å². The van der Waals surface area contributed by atoms with E-state index in [1.165, 1.54) is 38.3 Å². The predicted octanol–water partition coefficient (Wildman–Crippen LogP) is 0.851. The molecule has 0 aliphatic carbocycles. The van der Waals surface area contributed by atoms with Gasteiger partial charge < -0.3 is 15.1 Å². The van der Waals surface area contributed by atoms with E-state index in [1.54, 1.807) is 0 Å². The van der Waals surface area contributed by atoms with E-state index in [9.17, 15) is 0 Å². The number of nitrogens with one attached hydrogen (secondary N) is 1. The molecule has 0 atom stereocenters. The molecule has 0 aromatic carbocycles. The minimum Gasteiger partial charge on any atom is -0.314 e. The van der Waals surface area contributed by atoms with Gasteiger partial charge in [-0.25, -0.2) is 0 Å². The smallest absolute Gasteiger partial charge is 0.0416 e. The van der Waals surface area contributed by atoms with Crippen LogP contribution >= 0.6 is 0 Å². The highest BCUT2D eigenvalue weighted by atomic mass is 15.2. The van der Waals surface area contributed by atoms with Gasteiger partial charge in [0, 0.05) is 51.0 Å². The summed E-state index contributed by atoms with van der Waals surface area (Å²) in [5.74, 6) is 0. The summed E-state index contributed by atoms with van der Waals surface area (Å²) in [7, 11) is 2.21. The lowest BCUT2D eigenvalue weighted by atomic mass is 10.2. The predicted molar refractivity (Wildman–Crippen MR) is 79.4 cm³/mol. The molecule has 0 bridgehead atoms. The van der Waals surface area contributed by atoms with E-state index in [-0.39, 0.29) is 0 Å². The van der Waals surface area contributed by atoms with Crippen molar-refractivity contribution in [3.63, 3.8) is 0 Å². The molecule has 0 saturated carbocycles. The van der Waals surface area contributed by atoms with Crippen LogP contribution in [-0.4, -0.2) is 67.6 Å². The van der Waals surface area contributed by atoms with Crippen LogP contribution in [0.25, 0.3) is 0 Å². The molecule has 1 fully saturated rings. The summed E-state index contributed by atoms with van der Waals surface area (Å²) >= 11 is 0. The number of piperazine rings is 1. The highest BCUT2D eigenvalue weighted by molar-refractivity contribution is 5.03. The Morgan fingerprint density at radius 3 is 2.84 bits per heavy atom. The minimum atomic E-state index is 1.05. The van der Waals surface area contributed by atoms with Crippen LogP contribution < -0.4 is 5.32 Å². The van der Waals surface area contributed by atoms with Gasteiger partial charge in [0.05, 0.1) is 0 Å². The van der Waals surface area contributed by atoms with Crippen LogP contribution in [0, 0.1) is 0 Å². The molecule has 4 nitrogen and oxygen atoms in total. The van der Waals surface area contributed by atoms with E-state index >= 15 is 0 Å². The summed E-state index contributed by atoms with van der Waals surface area (Å²) in [6.45, 7) is 8.21. The first kappa shape index (κ1) is 14.4. The van der Waals surface area contributed by atoms with E-state index in [1.807, 2.05) is 12.3 Å². The molecule has 0 spiro atoms. The minimum absolute atomic E-state index is 1.05. The van der Waals surface area contributed by atoms with Gasteiger partial charge in [0.15, 0.2) is 0 Å². The number of nitrogens with zero attached hydrogens (tertiary/aromatic N) is 3. The lowest BCUT2D eigenvalue weighted by molar-refractivity contribution is 0.222. The second kappa shape index (κ2) is 8.25. The summed E-state index contributed by atoms with van der Waals surface area (Å²) in [5, 5.41) is 3.39. The molecule has 1 saturated heterocycles. The maximum absolute atomic E-state index is 4.36. The molecule has 0 radical (unpaired) electrons. The lowest BCUT2D eigenvalue weighted by Gasteiger charge is -2.27. The number of pyridine rings is 1. The highest BCUT2D eigenvalue weighted by Crippen LogP contribution is 1.99. The quantitative estimate of drug-likeness (QED) is 0.789. The Morgan fingerprint density at radius 1 is 1.26 bits per heavy atom. The van der Waals surface area contributed by atoms with Gasteiger partial charge in [-0.15, -0.1) is 0 Å². The molecule has 1 aliphatic rings. The first-order valence-electron chi connectivity index (χ1n) is 7.36. The molecule has 1 aromatic rings. The zero-order valence-electron chi connectivity index (χ0n) is 12.0. The van der Waals surface area contributed by atoms with E-state index in [0.29, 0.717) is 0 Å². The normalized spacial score (nSPS) is 16.9. The first-order chi connectivity index (χ1) is 9.34. The Bertz CT molecular complexity index is 335. The van der Waals surface area contributed by atoms with Crippen LogP contribution in [0.2, 0.25) is 0 Å². The van der Waals surface area contributed by atoms with Crippen molar-refractivity contribution < 1.29 is 0 Å². The van der Waals surface area contributed by atoms with Crippen molar-refractivity contribution in [3.05, 3.63) is 30.1 Å². The van der Waals surface area contributed by atoms with Crippen LogP contribution in [0.5, 0.6) is 0 Å². The Kier molecular flexibility index (Phi) is 6.27. The number of likely N-dealkylation sites (N-methyl/N-ethyl adjacent to an activating group) is 1. The average Bonchev–Trinajstić information content (AvgIpc) is 2.47. The second-order valence-electron chi connectivity index (χ2n) is 5.32. The van der Waals surface area contributed by atoms with Crippen LogP contribution in [0.3, 0.4) is 0 Å². The molecule has 0 amide bonds. The third-order valence-electron chi connectivity index (χ3n) is 3.70. The summed E-state index contributed by atoms with van der Waals surface area (Å²) in [4.78, 5) is 9.33. The molecule has 2 heterocycles. The fourth-order valence-corrected chi connectivity index (χ4v) is 2.46. The van der Waals surface area contributed by atoms with E-state index in [2.05, 4.69) is 39.3 Å². The third kappa shape index (κ3) is 5.68. The van der Waals surface area contributed by atoms with Gasteiger partial charge in [0.2, 0.25) is 0 Å². The van der Waals surface area contributed by atoms with Crippen LogP contribution in [0.4, 0.5) is 0 Å². The SMILES string of the molecule is CN(CCCN1CCNCC1)CCc1ccccn1. The first-order valence-corrected chi connectivity index (χ1v) is 7.36. The molecule has 1 aliphatic heterocycles. The van der Waals surface area contributed by atoms with Crippen LogP contribution in [-0.2, 0) is 6.42 Å². The van der Waals surface area contributed by atoms with Gasteiger partial charge in [0.1, 0.15) is 0 Å². The lowest BCUT2D eigenvalue weighted by Crippen LogP contribution is -2.44. The van der Waals surface area contributed by atoms with Crippen molar-refractivity contribution in [2.45, 2.75) is 12.8 Å². The Morgan fingerprint density at radius 2 is 2.11 bits per heavy atom. The van der Waals surface area contributed by atoms with E-state index in [0.717, 1.165) is 26.1 Å². The zero-order valence-corrected chi connectivity index (χ0v) is 12.0. The molecule has 4 heteroatoms. The van der Waals surface area contributed by atoms with E-state index < -0.39 is 0 Å². The fraction of sp³-hybridized carbons (Fsp3) is 0.667. The molecule has 1 aromatic heterocycles. The Labute approximate surface area is 116 Å². The fourth-order valence-electron chi connectivity index (χ4n) is 2.46. The van der Waals surface area contributed by atoms with Gasteiger partial charge in [-0.1, -0.05) is 6.07 Å². The van der Waals surface area contributed by atoms with Crippen molar-refractivity contribution in [2.75, 3.05) is 52.9 Å². The van der Waals surface area contributed by atoms with Gasteiger partial charge >= 0.3 is 0 Å². The van der Waals surface area contributed by atoms with Crippen molar-refractivity contribution in [2.24, 2.45) is 0 Å². The van der Waals surface area contributed by atoms with E-state index in [4.69, 9.17) is 0 Å². The number of hydrogen-bond donors (Lipinski definition) is 1. The van der Waals surface area contributed by atoms with Gasteiger partial charge in [-0.3, -0.25) is 4.98 Å². The molecule has 0 unspecified atom stereocenters. The molecule has 2 rings (SSSR count). The van der Waals surface area contributed by atoms with Gasteiger partial charge in [0.25, 0.3) is 0 Å². The number of hydrogen-bond acceptors (Lipinski definition) is 4. The summed E-state index contributed by atoms with van der Waals surface area (Å²) in [5.41, 5.74) is 1.19. The molecule has 1 N–H and O–H groups in total. The van der Waals surface area contributed by atoms with Crippen LogP contribution in [0.1, 0.15) is 12.1 Å². The maximum Gasteiger partial charge on any atom is 0.0416 e. The third-order valence-corrected chi connectivity index (χ3v) is 3.70. The van der Waals surface area contributed by atoms with Crippen molar-refractivity contribution in [3.8, 4) is 0 Å². The molecule has 106 valence electrons. The molecular formula is C15H26N4. The standard InChI is InChI=1S/C15H26N4/c1-18(12-6-15-5-2-3-7-17-15)10-4-11-19-13-8-16-9-14-19/h2-3,5,7,16H,4,6,8-14H2,1H3. The number of aromatic nitrogens is 1. The Balaban J connectivity index is 1.55. The highest BCUT2D eigenvalue weighted by Gasteiger charge is 2.09. The average molecular weight is 262 g/mol. The van der Waals surface area contributed by atoms with Crippen LogP contribution in [0.15, 0.2) is 24.4 Å². The topological polar surface area (TPSA) is 31.4 Å². The summed E-state index contributed by atoms with van der Waals surface area (Å²) in [6, 6.07) is 6.14.